The minimum Gasteiger partial charge on any atom is -0.311 e. The first kappa shape index (κ1) is 17.2. The van der Waals surface area contributed by atoms with Crippen LogP contribution in [0.4, 0.5) is 5.69 Å². The van der Waals surface area contributed by atoms with Crippen molar-refractivity contribution in [3.63, 3.8) is 0 Å². The molecule has 3 heteroatoms. The normalized spacial score (nSPS) is 10.1. The number of carbonyl (C=O) groups excluding carboxylic acids is 1. The largest absolute Gasteiger partial charge is 0.311 e. The first-order chi connectivity index (χ1) is 10.3. The fourth-order valence-electron chi connectivity index (χ4n) is 2.36. The van der Waals surface area contributed by atoms with Crippen molar-refractivity contribution in [3.8, 4) is 6.07 Å². The van der Waals surface area contributed by atoms with Crippen molar-refractivity contribution in [1.82, 2.24) is 0 Å². The monoisotopic (exact) mass is 286 g/mol. The van der Waals surface area contributed by atoms with Crippen molar-refractivity contribution >= 4 is 11.6 Å². The molecule has 21 heavy (non-hydrogen) atoms. The van der Waals surface area contributed by atoms with E-state index in [9.17, 15) is 4.79 Å². The van der Waals surface area contributed by atoms with Crippen molar-refractivity contribution in [2.75, 3.05) is 11.4 Å². The van der Waals surface area contributed by atoms with Crippen molar-refractivity contribution in [1.29, 1.82) is 5.26 Å². The second-order valence-corrected chi connectivity index (χ2v) is 5.31. The second-order valence-electron chi connectivity index (χ2n) is 5.31. The van der Waals surface area contributed by atoms with Gasteiger partial charge < -0.3 is 4.90 Å². The van der Waals surface area contributed by atoms with Gasteiger partial charge in [0.15, 0.2) is 0 Å². The van der Waals surface area contributed by atoms with Crippen LogP contribution in [0.2, 0.25) is 0 Å². The molecule has 0 heterocycles. The van der Waals surface area contributed by atoms with Gasteiger partial charge in [-0.1, -0.05) is 57.2 Å². The molecular formula is C18H26N2O. The standard InChI is InChI=1S/C18H26N2O/c1-2-3-4-5-6-10-14-18(21)20(16-11-15-19)17-12-8-7-9-13-17/h7-9,12-13H,2-6,10-11,14,16H2,1H3. The molecular weight excluding hydrogens is 260 g/mol. The Morgan fingerprint density at radius 1 is 1.10 bits per heavy atom. The topological polar surface area (TPSA) is 44.1 Å². The molecule has 0 aliphatic heterocycles. The Morgan fingerprint density at radius 3 is 2.43 bits per heavy atom. The number of amides is 1. The van der Waals surface area contributed by atoms with Gasteiger partial charge in [-0.25, -0.2) is 0 Å². The van der Waals surface area contributed by atoms with E-state index >= 15 is 0 Å². The molecule has 1 amide bonds. The first-order valence-corrected chi connectivity index (χ1v) is 8.02. The molecule has 1 rings (SSSR count). The van der Waals surface area contributed by atoms with E-state index in [2.05, 4.69) is 13.0 Å². The number of para-hydroxylation sites is 1. The van der Waals surface area contributed by atoms with Crippen molar-refractivity contribution in [2.45, 2.75) is 58.3 Å². The molecule has 0 aliphatic carbocycles. The number of benzene rings is 1. The summed E-state index contributed by atoms with van der Waals surface area (Å²) < 4.78 is 0. The molecule has 0 bridgehead atoms. The molecule has 0 saturated carbocycles. The van der Waals surface area contributed by atoms with Gasteiger partial charge >= 0.3 is 0 Å². The van der Waals surface area contributed by atoms with Crippen LogP contribution in [0.1, 0.15) is 58.3 Å². The average molecular weight is 286 g/mol. The summed E-state index contributed by atoms with van der Waals surface area (Å²) in [5.41, 5.74) is 0.892. The first-order valence-electron chi connectivity index (χ1n) is 8.02. The Bertz CT molecular complexity index is 436. The number of hydrogen-bond donors (Lipinski definition) is 0. The van der Waals surface area contributed by atoms with Gasteiger partial charge in [0, 0.05) is 18.7 Å². The zero-order valence-electron chi connectivity index (χ0n) is 13.1. The van der Waals surface area contributed by atoms with E-state index in [0.29, 0.717) is 19.4 Å². The van der Waals surface area contributed by atoms with Gasteiger partial charge in [0.2, 0.25) is 5.91 Å². The quantitative estimate of drug-likeness (QED) is 0.586. The summed E-state index contributed by atoms with van der Waals surface area (Å²) in [7, 11) is 0. The van der Waals surface area contributed by atoms with Crippen LogP contribution in [0.15, 0.2) is 30.3 Å². The van der Waals surface area contributed by atoms with E-state index in [1.54, 1.807) is 4.90 Å². The summed E-state index contributed by atoms with van der Waals surface area (Å²) in [6, 6.07) is 11.8. The highest BCUT2D eigenvalue weighted by Gasteiger charge is 2.14. The zero-order chi connectivity index (χ0) is 15.3. The molecule has 0 unspecified atom stereocenters. The summed E-state index contributed by atoms with van der Waals surface area (Å²) >= 11 is 0. The number of unbranched alkanes of at least 4 members (excludes halogenated alkanes) is 5. The predicted molar refractivity (Wildman–Crippen MR) is 87.0 cm³/mol. The molecule has 1 aromatic rings. The molecule has 114 valence electrons. The van der Waals surface area contributed by atoms with Crippen LogP contribution in [0.5, 0.6) is 0 Å². The maximum Gasteiger partial charge on any atom is 0.227 e. The lowest BCUT2D eigenvalue weighted by atomic mass is 10.1. The third-order valence-corrected chi connectivity index (χ3v) is 3.56. The lowest BCUT2D eigenvalue weighted by molar-refractivity contribution is -0.118. The van der Waals surface area contributed by atoms with E-state index in [4.69, 9.17) is 5.26 Å². The highest BCUT2D eigenvalue weighted by Crippen LogP contribution is 2.16. The number of hydrogen-bond acceptors (Lipinski definition) is 2. The van der Waals surface area contributed by atoms with E-state index < -0.39 is 0 Å². The minimum absolute atomic E-state index is 0.131. The Morgan fingerprint density at radius 2 is 1.76 bits per heavy atom. The summed E-state index contributed by atoms with van der Waals surface area (Å²) in [6.45, 7) is 2.69. The van der Waals surface area contributed by atoms with Crippen LogP contribution in [0.25, 0.3) is 0 Å². The predicted octanol–water partition coefficient (Wildman–Crippen LogP) is 4.68. The SMILES string of the molecule is CCCCCCCCC(=O)N(CCC#N)c1ccccc1. The summed E-state index contributed by atoms with van der Waals surface area (Å²) in [4.78, 5) is 14.1. The number of rotatable bonds is 10. The van der Waals surface area contributed by atoms with E-state index in [1.165, 1.54) is 25.7 Å². The molecule has 0 radical (unpaired) electrons. The van der Waals surface area contributed by atoms with Crippen molar-refractivity contribution in [3.05, 3.63) is 30.3 Å². The number of nitriles is 1. The average Bonchev–Trinajstić information content (AvgIpc) is 2.52. The van der Waals surface area contributed by atoms with Crippen LogP contribution < -0.4 is 4.90 Å². The van der Waals surface area contributed by atoms with Gasteiger partial charge in [-0.3, -0.25) is 4.79 Å². The van der Waals surface area contributed by atoms with Gasteiger partial charge in [0.1, 0.15) is 0 Å². The Labute approximate surface area is 128 Å². The minimum atomic E-state index is 0.131. The van der Waals surface area contributed by atoms with Gasteiger partial charge in [0.25, 0.3) is 0 Å². The van der Waals surface area contributed by atoms with E-state index in [1.807, 2.05) is 30.3 Å². The van der Waals surface area contributed by atoms with Crippen LogP contribution >= 0.6 is 0 Å². The van der Waals surface area contributed by atoms with Gasteiger partial charge in [-0.2, -0.15) is 5.26 Å². The second kappa shape index (κ2) is 10.9. The number of anilines is 1. The van der Waals surface area contributed by atoms with Gasteiger partial charge in [-0.15, -0.1) is 0 Å². The van der Waals surface area contributed by atoms with Crippen LogP contribution in [0.3, 0.4) is 0 Å². The summed E-state index contributed by atoms with van der Waals surface area (Å²) in [5, 5.41) is 8.75. The molecule has 0 atom stereocenters. The molecule has 0 spiro atoms. The number of nitrogens with zero attached hydrogens (tertiary/aromatic N) is 2. The van der Waals surface area contributed by atoms with E-state index in [0.717, 1.165) is 18.5 Å². The highest BCUT2D eigenvalue weighted by atomic mass is 16.2. The molecule has 3 nitrogen and oxygen atoms in total. The van der Waals surface area contributed by atoms with Crippen molar-refractivity contribution < 1.29 is 4.79 Å². The lowest BCUT2D eigenvalue weighted by Gasteiger charge is -2.21. The molecule has 0 aliphatic rings. The fourth-order valence-corrected chi connectivity index (χ4v) is 2.36. The molecule has 0 N–H and O–H groups in total. The molecule has 0 fully saturated rings. The van der Waals surface area contributed by atoms with Crippen LogP contribution in [0, 0.1) is 11.3 Å². The van der Waals surface area contributed by atoms with Crippen molar-refractivity contribution in [2.24, 2.45) is 0 Å². The summed E-state index contributed by atoms with van der Waals surface area (Å²) in [6.07, 6.45) is 8.02. The summed E-state index contributed by atoms with van der Waals surface area (Å²) in [5.74, 6) is 0.131. The van der Waals surface area contributed by atoms with Gasteiger partial charge in [-0.05, 0) is 18.6 Å². The Hall–Kier alpha value is -1.82. The third kappa shape index (κ3) is 6.94. The van der Waals surface area contributed by atoms with Gasteiger partial charge in [0.05, 0.1) is 12.5 Å². The maximum atomic E-state index is 12.4. The molecule has 0 aromatic heterocycles. The molecule has 0 saturated heterocycles. The smallest absolute Gasteiger partial charge is 0.227 e. The highest BCUT2D eigenvalue weighted by molar-refractivity contribution is 5.93. The lowest BCUT2D eigenvalue weighted by Crippen LogP contribution is -2.31. The Balaban J connectivity index is 2.43. The maximum absolute atomic E-state index is 12.4. The van der Waals surface area contributed by atoms with E-state index in [-0.39, 0.29) is 5.91 Å². The molecule has 1 aromatic carbocycles. The number of carbonyl (C=O) groups is 1. The Kier molecular flexibility index (Phi) is 8.95. The van der Waals surface area contributed by atoms with Crippen LogP contribution in [-0.4, -0.2) is 12.5 Å². The fraction of sp³-hybridized carbons (Fsp3) is 0.556. The zero-order valence-corrected chi connectivity index (χ0v) is 13.1. The van der Waals surface area contributed by atoms with Crippen LogP contribution in [-0.2, 0) is 4.79 Å². The third-order valence-electron chi connectivity index (χ3n) is 3.56.